The van der Waals surface area contributed by atoms with Crippen molar-refractivity contribution >= 4 is 44.4 Å². The highest BCUT2D eigenvalue weighted by atomic mass is 79.9. The third-order valence-electron chi connectivity index (χ3n) is 5.74. The normalized spacial score (nSPS) is 11.1. The molecule has 0 amide bonds. The summed E-state index contributed by atoms with van der Waals surface area (Å²) in [5.41, 5.74) is 5.13. The predicted molar refractivity (Wildman–Crippen MR) is 148 cm³/mol. The van der Waals surface area contributed by atoms with Gasteiger partial charge in [0.05, 0.1) is 12.1 Å². The van der Waals surface area contributed by atoms with Crippen LogP contribution in [0.5, 0.6) is 0 Å². The number of fused-ring (bicyclic) bond motifs is 1. The van der Waals surface area contributed by atoms with Gasteiger partial charge in [0.15, 0.2) is 5.82 Å². The van der Waals surface area contributed by atoms with Crippen LogP contribution in [0.3, 0.4) is 0 Å². The van der Waals surface area contributed by atoms with E-state index in [1.807, 2.05) is 54.6 Å². The molecular weight excluding hydrogens is 518 g/mol. The molecule has 6 heteroatoms. The average Bonchev–Trinajstić information content (AvgIpc) is 2.89. The van der Waals surface area contributed by atoms with Gasteiger partial charge in [0.25, 0.3) is 0 Å². The van der Waals surface area contributed by atoms with Gasteiger partial charge in [-0.3, -0.25) is 0 Å². The summed E-state index contributed by atoms with van der Waals surface area (Å²) in [5, 5.41) is 14.3. The lowest BCUT2D eigenvalue weighted by molar-refractivity contribution is 0.279. The van der Waals surface area contributed by atoms with Gasteiger partial charge in [0.2, 0.25) is 0 Å². The third-order valence-corrected chi connectivity index (χ3v) is 7.50. The predicted octanol–water partition coefficient (Wildman–Crippen LogP) is 7.62. The topological polar surface area (TPSA) is 58.0 Å². The zero-order valence-corrected chi connectivity index (χ0v) is 21.6. The number of aliphatic hydroxyl groups is 1. The van der Waals surface area contributed by atoms with Crippen LogP contribution in [0.2, 0.25) is 0 Å². The molecule has 0 aliphatic heterocycles. The van der Waals surface area contributed by atoms with E-state index in [1.165, 1.54) is 0 Å². The smallest absolute Gasteiger partial charge is 0.162 e. The first-order chi connectivity index (χ1) is 17.1. The van der Waals surface area contributed by atoms with Crippen LogP contribution in [0.4, 0.5) is 5.82 Å². The fourth-order valence-corrected chi connectivity index (χ4v) is 5.22. The van der Waals surface area contributed by atoms with Gasteiger partial charge in [-0.05, 0) is 54.4 Å². The van der Waals surface area contributed by atoms with Crippen molar-refractivity contribution in [3.63, 3.8) is 0 Å². The molecule has 174 valence electrons. The molecule has 0 spiro atoms. The summed E-state index contributed by atoms with van der Waals surface area (Å²) in [6.45, 7) is 2.72. The van der Waals surface area contributed by atoms with Crippen molar-refractivity contribution < 1.29 is 5.11 Å². The van der Waals surface area contributed by atoms with E-state index < -0.39 is 0 Å². The molecule has 2 N–H and O–H groups in total. The van der Waals surface area contributed by atoms with Crippen LogP contribution in [0, 0.1) is 6.92 Å². The van der Waals surface area contributed by atoms with Crippen molar-refractivity contribution in [2.75, 3.05) is 5.32 Å². The van der Waals surface area contributed by atoms with Gasteiger partial charge in [-0.25, -0.2) is 9.97 Å². The fraction of sp³-hybridized carbons (Fsp3) is 0.103. The second-order valence-electron chi connectivity index (χ2n) is 8.25. The maximum atomic E-state index is 9.73. The minimum absolute atomic E-state index is 0.0225. The molecule has 0 saturated heterocycles. The van der Waals surface area contributed by atoms with Crippen LogP contribution in [-0.2, 0) is 13.2 Å². The van der Waals surface area contributed by atoms with Crippen molar-refractivity contribution in [3.05, 3.63) is 112 Å². The Bertz CT molecular complexity index is 1490. The molecule has 1 heterocycles. The highest BCUT2D eigenvalue weighted by Gasteiger charge is 2.12. The lowest BCUT2D eigenvalue weighted by Gasteiger charge is -2.14. The number of nitrogens with one attached hydrogen (secondary N) is 1. The Labute approximate surface area is 217 Å². The number of aromatic nitrogens is 2. The van der Waals surface area contributed by atoms with Gasteiger partial charge in [0.1, 0.15) is 5.82 Å². The van der Waals surface area contributed by atoms with Crippen molar-refractivity contribution in [1.29, 1.82) is 0 Å². The molecule has 0 saturated carbocycles. The Morgan fingerprint density at radius 1 is 0.829 bits per heavy atom. The highest BCUT2D eigenvalue weighted by molar-refractivity contribution is 9.10. The SMILES string of the molecule is Cc1ccc2nc(-c3ccc(Br)cc3)nc(NCc3ccccc3Sc3ccccc3CO)c2c1. The van der Waals surface area contributed by atoms with E-state index in [0.29, 0.717) is 12.4 Å². The Morgan fingerprint density at radius 2 is 1.51 bits per heavy atom. The van der Waals surface area contributed by atoms with E-state index in [9.17, 15) is 5.11 Å². The van der Waals surface area contributed by atoms with E-state index in [2.05, 4.69) is 64.6 Å². The number of benzene rings is 4. The Kier molecular flexibility index (Phi) is 7.13. The van der Waals surface area contributed by atoms with Crippen molar-refractivity contribution in [2.45, 2.75) is 29.9 Å². The number of halogens is 1. The summed E-state index contributed by atoms with van der Waals surface area (Å²) in [7, 11) is 0. The van der Waals surface area contributed by atoms with Gasteiger partial charge in [-0.15, -0.1) is 0 Å². The maximum Gasteiger partial charge on any atom is 0.162 e. The summed E-state index contributed by atoms with van der Waals surface area (Å²) in [4.78, 5) is 12.0. The number of aliphatic hydroxyl groups excluding tert-OH is 1. The molecule has 0 unspecified atom stereocenters. The molecule has 5 rings (SSSR count). The maximum absolute atomic E-state index is 9.73. The molecule has 0 aliphatic rings. The number of rotatable bonds is 7. The van der Waals surface area contributed by atoms with E-state index in [4.69, 9.17) is 9.97 Å². The number of anilines is 1. The number of hydrogen-bond donors (Lipinski definition) is 2. The summed E-state index contributed by atoms with van der Waals surface area (Å²) >= 11 is 5.17. The lowest BCUT2D eigenvalue weighted by Crippen LogP contribution is -2.05. The van der Waals surface area contributed by atoms with Gasteiger partial charge in [0, 0.05) is 31.8 Å². The van der Waals surface area contributed by atoms with Gasteiger partial charge in [-0.1, -0.05) is 87.9 Å². The number of nitrogens with zero attached hydrogens (tertiary/aromatic N) is 2. The van der Waals surface area contributed by atoms with Crippen LogP contribution in [-0.4, -0.2) is 15.1 Å². The second-order valence-corrected chi connectivity index (χ2v) is 10.3. The van der Waals surface area contributed by atoms with Crippen LogP contribution in [0.15, 0.2) is 105 Å². The third kappa shape index (κ3) is 5.40. The monoisotopic (exact) mass is 541 g/mol. The molecular formula is C29H24BrN3OS. The Hall–Kier alpha value is -3.19. The van der Waals surface area contributed by atoms with Crippen LogP contribution in [0.1, 0.15) is 16.7 Å². The molecule has 0 fully saturated rings. The van der Waals surface area contributed by atoms with E-state index >= 15 is 0 Å². The van der Waals surface area contributed by atoms with Gasteiger partial charge >= 0.3 is 0 Å². The fourth-order valence-electron chi connectivity index (χ4n) is 3.89. The molecule has 0 aliphatic carbocycles. The number of aryl methyl sites for hydroxylation is 1. The van der Waals surface area contributed by atoms with E-state index in [0.717, 1.165) is 53.2 Å². The summed E-state index contributed by atoms with van der Waals surface area (Å²) in [6.07, 6.45) is 0. The van der Waals surface area contributed by atoms with Crippen LogP contribution < -0.4 is 5.32 Å². The van der Waals surface area contributed by atoms with Crippen LogP contribution in [0.25, 0.3) is 22.3 Å². The summed E-state index contributed by atoms with van der Waals surface area (Å²) in [6, 6.07) is 30.6. The molecule has 0 bridgehead atoms. The Morgan fingerprint density at radius 3 is 2.26 bits per heavy atom. The molecule has 35 heavy (non-hydrogen) atoms. The van der Waals surface area contributed by atoms with Crippen molar-refractivity contribution in [1.82, 2.24) is 9.97 Å². The highest BCUT2D eigenvalue weighted by Crippen LogP contribution is 2.34. The molecule has 1 aromatic heterocycles. The molecule has 4 nitrogen and oxygen atoms in total. The first kappa shape index (κ1) is 23.5. The molecule has 0 radical (unpaired) electrons. The lowest BCUT2D eigenvalue weighted by atomic mass is 10.1. The minimum atomic E-state index is 0.0225. The van der Waals surface area contributed by atoms with E-state index in [1.54, 1.807) is 11.8 Å². The first-order valence-electron chi connectivity index (χ1n) is 11.3. The molecule has 0 atom stereocenters. The van der Waals surface area contributed by atoms with Crippen molar-refractivity contribution in [2.24, 2.45) is 0 Å². The van der Waals surface area contributed by atoms with E-state index in [-0.39, 0.29) is 6.61 Å². The quantitative estimate of drug-likeness (QED) is 0.222. The summed E-state index contributed by atoms with van der Waals surface area (Å²) < 4.78 is 1.02. The van der Waals surface area contributed by atoms with Crippen molar-refractivity contribution in [3.8, 4) is 11.4 Å². The average molecular weight is 543 g/mol. The zero-order chi connectivity index (χ0) is 24.2. The van der Waals surface area contributed by atoms with Crippen LogP contribution >= 0.6 is 27.7 Å². The molecule has 5 aromatic rings. The standard InChI is InChI=1S/C29H24BrN3OS/c1-19-10-15-25-24(16-19)29(33-28(32-25)20-11-13-23(30)14-12-20)31-17-21-6-2-4-8-26(21)35-27-9-5-3-7-22(27)18-34/h2-16,34H,17-18H2,1H3,(H,31,32,33). The number of hydrogen-bond acceptors (Lipinski definition) is 5. The summed E-state index contributed by atoms with van der Waals surface area (Å²) in [5.74, 6) is 1.50. The molecule has 4 aromatic carbocycles. The zero-order valence-electron chi connectivity index (χ0n) is 19.2. The second kappa shape index (κ2) is 10.6. The van der Waals surface area contributed by atoms with Gasteiger partial charge in [-0.2, -0.15) is 0 Å². The Balaban J connectivity index is 1.48. The van der Waals surface area contributed by atoms with Gasteiger partial charge < -0.3 is 10.4 Å². The minimum Gasteiger partial charge on any atom is -0.392 e. The largest absolute Gasteiger partial charge is 0.392 e. The first-order valence-corrected chi connectivity index (χ1v) is 12.9.